The molecule has 3 amide bonds. The number of benzene rings is 1. The molecule has 3 rings (SSSR count). The molecule has 1 aromatic carbocycles. The Kier molecular flexibility index (Phi) is 6.05. The molecule has 1 atom stereocenters. The number of hydrogen-bond acceptors (Lipinski definition) is 6. The molecular formula is C19H16N2O5S2. The van der Waals surface area contributed by atoms with Crippen molar-refractivity contribution in [3.8, 4) is 0 Å². The molecule has 2 saturated heterocycles. The first-order valence-corrected chi connectivity index (χ1v) is 9.65. The minimum Gasteiger partial charge on any atom is -0.481 e. The third-order valence-electron chi connectivity index (χ3n) is 4.24. The molecule has 0 spiro atoms. The maximum atomic E-state index is 12.7. The largest absolute Gasteiger partial charge is 0.481 e. The van der Waals surface area contributed by atoms with Gasteiger partial charge in [0.2, 0.25) is 5.91 Å². The van der Waals surface area contributed by atoms with Crippen LogP contribution in [0.4, 0.5) is 0 Å². The molecular weight excluding hydrogens is 400 g/mol. The van der Waals surface area contributed by atoms with Gasteiger partial charge in [-0.05, 0) is 11.6 Å². The zero-order valence-corrected chi connectivity index (χ0v) is 16.2. The van der Waals surface area contributed by atoms with Crippen LogP contribution in [0.25, 0.3) is 6.08 Å². The van der Waals surface area contributed by atoms with Gasteiger partial charge in [0.25, 0.3) is 11.8 Å². The average molecular weight is 416 g/mol. The highest BCUT2D eigenvalue weighted by Crippen LogP contribution is 2.35. The van der Waals surface area contributed by atoms with Crippen molar-refractivity contribution < 1.29 is 24.3 Å². The predicted octanol–water partition coefficient (Wildman–Crippen LogP) is 2.05. The monoisotopic (exact) mass is 416 g/mol. The van der Waals surface area contributed by atoms with Crippen molar-refractivity contribution in [3.63, 3.8) is 0 Å². The summed E-state index contributed by atoms with van der Waals surface area (Å²) in [6, 6.07) is 8.53. The molecule has 1 aromatic rings. The van der Waals surface area contributed by atoms with Crippen molar-refractivity contribution in [1.29, 1.82) is 0 Å². The summed E-state index contributed by atoms with van der Waals surface area (Å²) in [4.78, 5) is 50.4. The van der Waals surface area contributed by atoms with Gasteiger partial charge in [0.15, 0.2) is 0 Å². The summed E-state index contributed by atoms with van der Waals surface area (Å²) < 4.78 is 0.204. The second-order valence-corrected chi connectivity index (χ2v) is 7.77. The predicted molar refractivity (Wildman–Crippen MR) is 108 cm³/mol. The van der Waals surface area contributed by atoms with Crippen LogP contribution in [-0.2, 0) is 19.2 Å². The van der Waals surface area contributed by atoms with Gasteiger partial charge in [-0.1, -0.05) is 66.5 Å². The summed E-state index contributed by atoms with van der Waals surface area (Å²) in [5.74, 6) is -2.64. The first-order valence-electron chi connectivity index (χ1n) is 8.43. The Hall–Kier alpha value is -2.78. The molecule has 9 heteroatoms. The number of allylic oxidation sites excluding steroid dienone is 2. The molecule has 0 radical (unpaired) electrons. The lowest BCUT2D eigenvalue weighted by atomic mass is 10.2. The highest BCUT2D eigenvalue weighted by molar-refractivity contribution is 8.26. The van der Waals surface area contributed by atoms with Crippen LogP contribution < -0.4 is 0 Å². The second-order valence-electron chi connectivity index (χ2n) is 6.09. The Morgan fingerprint density at radius 3 is 2.64 bits per heavy atom. The van der Waals surface area contributed by atoms with Crippen LogP contribution in [0.2, 0.25) is 0 Å². The van der Waals surface area contributed by atoms with E-state index in [9.17, 15) is 19.2 Å². The van der Waals surface area contributed by atoms with Gasteiger partial charge in [-0.3, -0.25) is 29.0 Å². The molecule has 1 N–H and O–H groups in total. The maximum Gasteiger partial charge on any atom is 0.305 e. The van der Waals surface area contributed by atoms with Crippen molar-refractivity contribution in [2.45, 2.75) is 18.9 Å². The Morgan fingerprint density at radius 2 is 1.96 bits per heavy atom. The lowest BCUT2D eigenvalue weighted by molar-refractivity contribution is -0.142. The van der Waals surface area contributed by atoms with E-state index in [4.69, 9.17) is 17.3 Å². The average Bonchev–Trinajstić information content (AvgIpc) is 3.09. The maximum absolute atomic E-state index is 12.7. The normalized spacial score (nSPS) is 21.6. The van der Waals surface area contributed by atoms with Crippen molar-refractivity contribution >= 4 is 58.1 Å². The molecule has 28 heavy (non-hydrogen) atoms. The number of thioether (sulfide) groups is 1. The number of likely N-dealkylation sites (tertiary alicyclic amines) is 1. The third kappa shape index (κ3) is 4.20. The van der Waals surface area contributed by atoms with Crippen molar-refractivity contribution in [2.75, 3.05) is 6.54 Å². The smallest absolute Gasteiger partial charge is 0.305 e. The van der Waals surface area contributed by atoms with E-state index in [0.29, 0.717) is 4.91 Å². The van der Waals surface area contributed by atoms with Crippen LogP contribution in [-0.4, -0.2) is 55.5 Å². The van der Waals surface area contributed by atoms with Crippen LogP contribution >= 0.6 is 24.0 Å². The van der Waals surface area contributed by atoms with Gasteiger partial charge in [-0.2, -0.15) is 0 Å². The van der Waals surface area contributed by atoms with E-state index in [-0.39, 0.29) is 23.7 Å². The number of carbonyl (C=O) groups excluding carboxylic acids is 3. The van der Waals surface area contributed by atoms with Crippen LogP contribution in [0, 0.1) is 0 Å². The van der Waals surface area contributed by atoms with Crippen LogP contribution in [0.1, 0.15) is 18.4 Å². The molecule has 144 valence electrons. The molecule has 0 saturated carbocycles. The first kappa shape index (κ1) is 20.0. The quantitative estimate of drug-likeness (QED) is 0.431. The Bertz CT molecular complexity index is 910. The van der Waals surface area contributed by atoms with E-state index >= 15 is 0 Å². The summed E-state index contributed by atoms with van der Waals surface area (Å²) in [6.07, 6.45) is 4.65. The summed E-state index contributed by atoms with van der Waals surface area (Å²) in [5, 5.41) is 8.76. The number of carbonyl (C=O) groups is 4. The van der Waals surface area contributed by atoms with Crippen molar-refractivity contribution in [1.82, 2.24) is 9.80 Å². The first-order chi connectivity index (χ1) is 13.4. The number of hydrogen-bond donors (Lipinski definition) is 1. The molecule has 2 fully saturated rings. The number of carboxylic acids is 1. The van der Waals surface area contributed by atoms with Gasteiger partial charge in [-0.15, -0.1) is 0 Å². The zero-order chi connectivity index (χ0) is 20.3. The molecule has 2 aliphatic rings. The van der Waals surface area contributed by atoms with Crippen molar-refractivity contribution in [3.05, 3.63) is 53.0 Å². The van der Waals surface area contributed by atoms with Gasteiger partial charge >= 0.3 is 5.97 Å². The minimum atomic E-state index is -1.11. The Labute approximate surface area is 170 Å². The molecule has 7 nitrogen and oxygen atoms in total. The van der Waals surface area contributed by atoms with Gasteiger partial charge in [0.05, 0.1) is 17.7 Å². The number of amides is 3. The molecule has 0 unspecified atom stereocenters. The second kappa shape index (κ2) is 8.49. The fourth-order valence-electron chi connectivity index (χ4n) is 2.88. The van der Waals surface area contributed by atoms with Crippen LogP contribution in [0.3, 0.4) is 0 Å². The fourth-order valence-corrected chi connectivity index (χ4v) is 4.19. The fraction of sp³-hybridized carbons (Fsp3) is 0.211. The number of nitrogens with zero attached hydrogens (tertiary/aromatic N) is 2. The number of carboxylic acid groups (broad SMARTS) is 1. The van der Waals surface area contributed by atoms with Crippen LogP contribution in [0.15, 0.2) is 47.4 Å². The molecule has 2 heterocycles. The number of thiocarbonyl (C=S) groups is 1. The zero-order valence-electron chi connectivity index (χ0n) is 14.6. The van der Waals surface area contributed by atoms with E-state index in [1.807, 2.05) is 36.4 Å². The minimum absolute atomic E-state index is 0.196. The summed E-state index contributed by atoms with van der Waals surface area (Å²) in [6.45, 7) is -0.214. The van der Waals surface area contributed by atoms with Crippen molar-refractivity contribution in [2.24, 2.45) is 0 Å². The van der Waals surface area contributed by atoms with Gasteiger partial charge in [-0.25, -0.2) is 0 Å². The molecule has 0 aliphatic carbocycles. The summed E-state index contributed by atoms with van der Waals surface area (Å²) in [5.41, 5.74) is 0.972. The van der Waals surface area contributed by atoms with E-state index in [1.54, 1.807) is 12.2 Å². The Morgan fingerprint density at radius 1 is 1.25 bits per heavy atom. The van der Waals surface area contributed by atoms with Crippen LogP contribution in [0.5, 0.6) is 0 Å². The summed E-state index contributed by atoms with van der Waals surface area (Å²) >= 11 is 6.31. The Balaban J connectivity index is 1.72. The SMILES string of the molecule is O=C(O)CCN1C(=O)C[C@H](N2C(=O)/C(=C/C=C/c3ccccc3)SC2=S)C1=O. The van der Waals surface area contributed by atoms with Gasteiger partial charge in [0.1, 0.15) is 10.4 Å². The lowest BCUT2D eigenvalue weighted by Gasteiger charge is -2.21. The van der Waals surface area contributed by atoms with Gasteiger partial charge in [0, 0.05) is 6.54 Å². The summed E-state index contributed by atoms with van der Waals surface area (Å²) in [7, 11) is 0. The number of aliphatic carboxylic acids is 1. The van der Waals surface area contributed by atoms with Gasteiger partial charge < -0.3 is 5.11 Å². The molecule has 2 aliphatic heterocycles. The standard InChI is InChI=1S/C19H16N2O5S2/c22-15-11-13(17(25)20(15)10-9-16(23)24)21-18(26)14(28-19(21)27)8-4-7-12-5-2-1-3-6-12/h1-8,13H,9-11H2,(H,23,24)/b7-4+,14-8-/t13-/m0/s1. The highest BCUT2D eigenvalue weighted by atomic mass is 32.2. The van der Waals surface area contributed by atoms with E-state index < -0.39 is 29.7 Å². The number of rotatable bonds is 6. The third-order valence-corrected chi connectivity index (χ3v) is 5.59. The lowest BCUT2D eigenvalue weighted by Crippen LogP contribution is -2.44. The highest BCUT2D eigenvalue weighted by Gasteiger charge is 2.48. The van der Waals surface area contributed by atoms with E-state index in [0.717, 1.165) is 27.1 Å². The number of imide groups is 1. The van der Waals surface area contributed by atoms with E-state index in [1.165, 1.54) is 0 Å². The van der Waals surface area contributed by atoms with E-state index in [2.05, 4.69) is 0 Å². The topological polar surface area (TPSA) is 95.0 Å². The molecule has 0 aromatic heterocycles. The molecule has 0 bridgehead atoms.